The number of ether oxygens (including phenoxy) is 2. The van der Waals surface area contributed by atoms with E-state index < -0.39 is 5.91 Å². The Balaban J connectivity index is 3.09. The molecule has 0 fully saturated rings. The van der Waals surface area contributed by atoms with Gasteiger partial charge in [0.2, 0.25) is 0 Å². The molecule has 0 aromatic heterocycles. The van der Waals surface area contributed by atoms with Gasteiger partial charge in [-0.2, -0.15) is 5.10 Å². The Bertz CT molecular complexity index is 463. The number of carbonyl (C=O) groups is 1. The number of nitrogens with two attached hydrogens (primary N) is 2. The van der Waals surface area contributed by atoms with Gasteiger partial charge in [-0.25, -0.2) is 0 Å². The molecule has 18 heavy (non-hydrogen) atoms. The van der Waals surface area contributed by atoms with Crippen LogP contribution in [-0.4, -0.2) is 25.3 Å². The van der Waals surface area contributed by atoms with Gasteiger partial charge in [0.05, 0.1) is 16.4 Å². The molecule has 0 saturated heterocycles. The van der Waals surface area contributed by atoms with Crippen LogP contribution in [0, 0.1) is 3.57 Å². The second-order valence-corrected chi connectivity index (χ2v) is 4.46. The van der Waals surface area contributed by atoms with Gasteiger partial charge in [-0.05, 0) is 47.2 Å². The molecule has 0 aliphatic heterocycles. The van der Waals surface area contributed by atoms with Crippen LogP contribution in [0.1, 0.15) is 12.5 Å². The molecule has 0 atom stereocenters. The molecule has 7 heteroatoms. The van der Waals surface area contributed by atoms with Gasteiger partial charge in [0.15, 0.2) is 18.1 Å². The van der Waals surface area contributed by atoms with Crippen molar-refractivity contribution < 1.29 is 14.3 Å². The fourth-order valence-electron chi connectivity index (χ4n) is 1.29. The van der Waals surface area contributed by atoms with Crippen molar-refractivity contribution in [2.75, 3.05) is 13.2 Å². The number of hydrogen-bond donors (Lipinski definition) is 2. The van der Waals surface area contributed by atoms with Crippen LogP contribution in [0.3, 0.4) is 0 Å². The van der Waals surface area contributed by atoms with Crippen molar-refractivity contribution in [2.24, 2.45) is 16.7 Å². The van der Waals surface area contributed by atoms with Crippen LogP contribution in [0.2, 0.25) is 0 Å². The Morgan fingerprint density at radius 2 is 2.22 bits per heavy atom. The average Bonchev–Trinajstić information content (AvgIpc) is 2.28. The monoisotopic (exact) mass is 363 g/mol. The minimum Gasteiger partial charge on any atom is -0.490 e. The Labute approximate surface area is 118 Å². The first-order chi connectivity index (χ1) is 8.58. The third kappa shape index (κ3) is 4.06. The van der Waals surface area contributed by atoms with Crippen LogP contribution in [0.4, 0.5) is 0 Å². The van der Waals surface area contributed by atoms with Crippen molar-refractivity contribution in [2.45, 2.75) is 6.92 Å². The van der Waals surface area contributed by atoms with E-state index in [1.165, 1.54) is 6.21 Å². The zero-order valence-corrected chi connectivity index (χ0v) is 12.0. The van der Waals surface area contributed by atoms with Crippen molar-refractivity contribution in [3.63, 3.8) is 0 Å². The Morgan fingerprint density at radius 1 is 1.50 bits per heavy atom. The molecule has 0 bridgehead atoms. The highest BCUT2D eigenvalue weighted by molar-refractivity contribution is 14.1. The normalized spacial score (nSPS) is 10.6. The summed E-state index contributed by atoms with van der Waals surface area (Å²) in [6, 6.07) is 3.55. The largest absolute Gasteiger partial charge is 0.490 e. The Kier molecular flexibility index (Phi) is 5.69. The lowest BCUT2D eigenvalue weighted by atomic mass is 10.2. The molecule has 0 aliphatic rings. The van der Waals surface area contributed by atoms with Gasteiger partial charge in [-0.1, -0.05) is 0 Å². The zero-order valence-electron chi connectivity index (χ0n) is 9.85. The smallest absolute Gasteiger partial charge is 0.255 e. The molecule has 0 heterocycles. The fraction of sp³-hybridized carbons (Fsp3) is 0.273. The summed E-state index contributed by atoms with van der Waals surface area (Å²) in [5, 5.41) is 3.45. The number of hydrogen-bond acceptors (Lipinski definition) is 5. The highest BCUT2D eigenvalue weighted by Gasteiger charge is 2.12. The SMILES string of the molecule is CCOc1cc(C=NN)cc(I)c1OCC(N)=O. The van der Waals surface area contributed by atoms with E-state index in [1.807, 2.05) is 13.0 Å². The maximum absolute atomic E-state index is 10.7. The summed E-state index contributed by atoms with van der Waals surface area (Å²) in [6.07, 6.45) is 1.50. The van der Waals surface area contributed by atoms with Crippen LogP contribution in [-0.2, 0) is 4.79 Å². The molecule has 4 N–H and O–H groups in total. The standard InChI is InChI=1S/C11H14IN3O3/c1-2-17-9-4-7(5-15-14)3-8(12)11(9)18-6-10(13)16/h3-5H,2,6,14H2,1H3,(H2,13,16). The first-order valence-corrected chi connectivity index (χ1v) is 6.27. The lowest BCUT2D eigenvalue weighted by molar-refractivity contribution is -0.119. The molecule has 98 valence electrons. The molecule has 1 aromatic rings. The summed E-state index contributed by atoms with van der Waals surface area (Å²) in [6.45, 7) is 2.14. The molecular weight excluding hydrogens is 349 g/mol. The minimum atomic E-state index is -0.541. The van der Waals surface area contributed by atoms with Gasteiger partial charge >= 0.3 is 0 Å². The van der Waals surface area contributed by atoms with Gasteiger partial charge in [0.1, 0.15) is 0 Å². The molecule has 1 amide bonds. The number of benzene rings is 1. The number of carbonyl (C=O) groups excluding carboxylic acids is 1. The molecule has 6 nitrogen and oxygen atoms in total. The van der Waals surface area contributed by atoms with E-state index in [2.05, 4.69) is 27.7 Å². The summed E-state index contributed by atoms with van der Waals surface area (Å²) in [4.78, 5) is 10.7. The average molecular weight is 363 g/mol. The van der Waals surface area contributed by atoms with Crippen molar-refractivity contribution >= 4 is 34.7 Å². The summed E-state index contributed by atoms with van der Waals surface area (Å²) in [5.41, 5.74) is 5.84. The van der Waals surface area contributed by atoms with Crippen molar-refractivity contribution in [3.05, 3.63) is 21.3 Å². The maximum Gasteiger partial charge on any atom is 0.255 e. The minimum absolute atomic E-state index is 0.194. The summed E-state index contributed by atoms with van der Waals surface area (Å²) >= 11 is 2.08. The highest BCUT2D eigenvalue weighted by Crippen LogP contribution is 2.33. The van der Waals surface area contributed by atoms with Crippen LogP contribution < -0.4 is 21.1 Å². The first-order valence-electron chi connectivity index (χ1n) is 5.19. The fourth-order valence-corrected chi connectivity index (χ4v) is 2.08. The molecule has 1 aromatic carbocycles. The Hall–Kier alpha value is -1.51. The third-order valence-corrected chi connectivity index (χ3v) is 2.72. The zero-order chi connectivity index (χ0) is 13.5. The van der Waals surface area contributed by atoms with Gasteiger partial charge in [-0.15, -0.1) is 0 Å². The van der Waals surface area contributed by atoms with Crippen LogP contribution in [0.15, 0.2) is 17.2 Å². The van der Waals surface area contributed by atoms with E-state index in [9.17, 15) is 4.79 Å². The van der Waals surface area contributed by atoms with Gasteiger partial charge in [-0.3, -0.25) is 4.79 Å². The van der Waals surface area contributed by atoms with Gasteiger partial charge < -0.3 is 21.1 Å². The molecular formula is C11H14IN3O3. The van der Waals surface area contributed by atoms with Gasteiger partial charge in [0, 0.05) is 0 Å². The lowest BCUT2D eigenvalue weighted by Gasteiger charge is -2.13. The van der Waals surface area contributed by atoms with E-state index in [-0.39, 0.29) is 6.61 Å². The Morgan fingerprint density at radius 3 is 2.78 bits per heavy atom. The second kappa shape index (κ2) is 7.04. The maximum atomic E-state index is 10.7. The van der Waals surface area contributed by atoms with E-state index in [0.717, 1.165) is 9.13 Å². The third-order valence-electron chi connectivity index (χ3n) is 1.91. The topological polar surface area (TPSA) is 99.9 Å². The molecule has 0 aliphatic carbocycles. The number of hydrazone groups is 1. The van der Waals surface area contributed by atoms with E-state index in [4.69, 9.17) is 21.1 Å². The predicted molar refractivity (Wildman–Crippen MR) is 76.8 cm³/mol. The molecule has 1 rings (SSSR count). The van der Waals surface area contributed by atoms with Crippen LogP contribution in [0.25, 0.3) is 0 Å². The quantitative estimate of drug-likeness (QED) is 0.339. The van der Waals surface area contributed by atoms with E-state index >= 15 is 0 Å². The molecule has 0 radical (unpaired) electrons. The van der Waals surface area contributed by atoms with E-state index in [0.29, 0.717) is 18.1 Å². The summed E-state index contributed by atoms with van der Waals surface area (Å²) in [5.74, 6) is 5.58. The van der Waals surface area contributed by atoms with Crippen molar-refractivity contribution in [1.29, 1.82) is 0 Å². The summed E-state index contributed by atoms with van der Waals surface area (Å²) < 4.78 is 11.6. The number of primary amides is 1. The first kappa shape index (κ1) is 14.6. The van der Waals surface area contributed by atoms with Crippen LogP contribution in [0.5, 0.6) is 11.5 Å². The van der Waals surface area contributed by atoms with E-state index in [1.54, 1.807) is 6.07 Å². The number of nitrogens with zero attached hydrogens (tertiary/aromatic N) is 1. The number of amides is 1. The highest BCUT2D eigenvalue weighted by atomic mass is 127. The molecule has 0 spiro atoms. The molecule has 0 saturated carbocycles. The predicted octanol–water partition coefficient (Wildman–Crippen LogP) is 0.847. The van der Waals surface area contributed by atoms with Crippen molar-refractivity contribution in [3.8, 4) is 11.5 Å². The van der Waals surface area contributed by atoms with Crippen molar-refractivity contribution in [1.82, 2.24) is 0 Å². The number of halogens is 1. The second-order valence-electron chi connectivity index (χ2n) is 3.30. The lowest BCUT2D eigenvalue weighted by Crippen LogP contribution is -2.20. The van der Waals surface area contributed by atoms with Crippen LogP contribution >= 0.6 is 22.6 Å². The molecule has 0 unspecified atom stereocenters. The van der Waals surface area contributed by atoms with Gasteiger partial charge in [0.25, 0.3) is 5.91 Å². The summed E-state index contributed by atoms with van der Waals surface area (Å²) in [7, 11) is 0. The number of rotatable bonds is 6.